The monoisotopic (exact) mass is 325 g/mol. The molecule has 1 aromatic rings. The molecule has 0 spiro atoms. The first-order valence-electron chi connectivity index (χ1n) is 7.37. The number of nitrogens with one attached hydrogen (secondary N) is 1. The zero-order valence-electron chi connectivity index (χ0n) is 12.2. The van der Waals surface area contributed by atoms with E-state index in [1.807, 2.05) is 18.2 Å². The van der Waals surface area contributed by atoms with Crippen molar-refractivity contribution in [3.05, 3.63) is 23.8 Å². The number of hydrogen-bond acceptors (Lipinski definition) is 5. The average molecular weight is 325 g/mol. The lowest BCUT2D eigenvalue weighted by atomic mass is 9.98. The van der Waals surface area contributed by atoms with Crippen LogP contribution < -0.4 is 14.8 Å². The van der Waals surface area contributed by atoms with Crippen molar-refractivity contribution in [2.24, 2.45) is 5.92 Å². The summed E-state index contributed by atoms with van der Waals surface area (Å²) in [4.78, 5) is 12.0. The van der Waals surface area contributed by atoms with Crippen LogP contribution in [-0.2, 0) is 21.2 Å². The predicted octanol–water partition coefficient (Wildman–Crippen LogP) is 1.25. The Bertz CT molecular complexity index is 657. The normalized spacial score (nSPS) is 19.8. The maximum atomic E-state index is 12.0. The van der Waals surface area contributed by atoms with Crippen molar-refractivity contribution in [2.75, 3.05) is 18.3 Å². The van der Waals surface area contributed by atoms with Gasteiger partial charge in [0.25, 0.3) is 0 Å². The molecule has 7 heteroatoms. The van der Waals surface area contributed by atoms with Gasteiger partial charge in [-0.05, 0) is 36.5 Å². The Hall–Kier alpha value is -1.76. The number of amides is 1. The molecule has 6 nitrogen and oxygen atoms in total. The molecule has 1 amide bonds. The van der Waals surface area contributed by atoms with Gasteiger partial charge in [-0.2, -0.15) is 0 Å². The summed E-state index contributed by atoms with van der Waals surface area (Å²) >= 11 is 0. The second-order valence-corrected chi connectivity index (χ2v) is 8.07. The molecule has 0 radical (unpaired) electrons. The van der Waals surface area contributed by atoms with Gasteiger partial charge in [-0.25, -0.2) is 8.42 Å². The van der Waals surface area contributed by atoms with Gasteiger partial charge in [-0.15, -0.1) is 0 Å². The highest BCUT2D eigenvalue weighted by molar-refractivity contribution is 7.91. The Balaban J connectivity index is 1.46. The number of hydrogen-bond donors (Lipinski definition) is 1. The summed E-state index contributed by atoms with van der Waals surface area (Å²) in [5.41, 5.74) is 0.948. The topological polar surface area (TPSA) is 81.7 Å². The molecule has 1 N–H and O–H groups in total. The summed E-state index contributed by atoms with van der Waals surface area (Å²) in [5.74, 6) is 1.95. The van der Waals surface area contributed by atoms with Gasteiger partial charge in [-0.3, -0.25) is 4.79 Å². The highest BCUT2D eigenvalue weighted by Crippen LogP contribution is 2.32. The first-order chi connectivity index (χ1) is 10.5. The molecule has 0 unspecified atom stereocenters. The van der Waals surface area contributed by atoms with E-state index in [2.05, 4.69) is 5.32 Å². The van der Waals surface area contributed by atoms with Crippen LogP contribution in [0.25, 0.3) is 0 Å². The van der Waals surface area contributed by atoms with Crippen LogP contribution in [0.4, 0.5) is 0 Å². The lowest BCUT2D eigenvalue weighted by Gasteiger charge is -2.21. The molecule has 2 heterocycles. The summed E-state index contributed by atoms with van der Waals surface area (Å²) in [7, 11) is -2.87. The number of sulfone groups is 1. The minimum atomic E-state index is -2.87. The van der Waals surface area contributed by atoms with E-state index in [0.717, 1.165) is 11.3 Å². The standard InChI is InChI=1S/C15H19NO5S/c17-15(8-11-3-5-22(18,19)6-4-11)16-9-12-1-2-13-14(7-12)21-10-20-13/h1-2,7,11H,3-6,8-10H2,(H,16,17). The summed E-state index contributed by atoms with van der Waals surface area (Å²) < 4.78 is 33.3. The quantitative estimate of drug-likeness (QED) is 0.901. The zero-order valence-corrected chi connectivity index (χ0v) is 13.0. The van der Waals surface area contributed by atoms with Crippen LogP contribution >= 0.6 is 0 Å². The molecule has 3 rings (SSSR count). The van der Waals surface area contributed by atoms with Crippen LogP contribution in [-0.4, -0.2) is 32.6 Å². The SMILES string of the molecule is O=C(CC1CCS(=O)(=O)CC1)NCc1ccc2c(c1)OCO2. The number of rotatable bonds is 4. The van der Waals surface area contributed by atoms with E-state index in [1.165, 1.54) is 0 Å². The Labute approximate surface area is 129 Å². The van der Waals surface area contributed by atoms with Gasteiger partial charge < -0.3 is 14.8 Å². The van der Waals surface area contributed by atoms with Gasteiger partial charge >= 0.3 is 0 Å². The van der Waals surface area contributed by atoms with E-state index in [-0.39, 0.29) is 30.1 Å². The van der Waals surface area contributed by atoms with Crippen LogP contribution in [0.5, 0.6) is 11.5 Å². The van der Waals surface area contributed by atoms with Gasteiger partial charge in [0.1, 0.15) is 9.84 Å². The zero-order chi connectivity index (χ0) is 15.6. The molecular formula is C15H19NO5S. The average Bonchev–Trinajstić information content (AvgIpc) is 2.95. The Morgan fingerprint density at radius 3 is 2.68 bits per heavy atom. The van der Waals surface area contributed by atoms with Crippen molar-refractivity contribution in [1.29, 1.82) is 0 Å². The third kappa shape index (κ3) is 3.71. The van der Waals surface area contributed by atoms with Crippen molar-refractivity contribution in [3.8, 4) is 11.5 Å². The van der Waals surface area contributed by atoms with Crippen LogP contribution in [0.1, 0.15) is 24.8 Å². The van der Waals surface area contributed by atoms with E-state index in [9.17, 15) is 13.2 Å². The minimum absolute atomic E-state index is 0.0398. The first-order valence-corrected chi connectivity index (χ1v) is 9.20. The number of carbonyl (C=O) groups excluding carboxylic acids is 1. The fourth-order valence-electron chi connectivity index (χ4n) is 2.73. The fraction of sp³-hybridized carbons (Fsp3) is 0.533. The van der Waals surface area contributed by atoms with Crippen molar-refractivity contribution in [3.63, 3.8) is 0 Å². The second-order valence-electron chi connectivity index (χ2n) is 5.76. The fourth-order valence-corrected chi connectivity index (χ4v) is 4.32. The molecule has 120 valence electrons. The van der Waals surface area contributed by atoms with Crippen LogP contribution in [0.15, 0.2) is 18.2 Å². The lowest BCUT2D eigenvalue weighted by molar-refractivity contribution is -0.122. The molecular weight excluding hydrogens is 306 g/mol. The van der Waals surface area contributed by atoms with Gasteiger partial charge in [0.15, 0.2) is 11.5 Å². The third-order valence-corrected chi connectivity index (χ3v) is 5.79. The molecule has 1 aromatic carbocycles. The van der Waals surface area contributed by atoms with E-state index in [4.69, 9.17) is 9.47 Å². The lowest BCUT2D eigenvalue weighted by Crippen LogP contribution is -2.29. The van der Waals surface area contributed by atoms with Crippen molar-refractivity contribution < 1.29 is 22.7 Å². The first kappa shape index (κ1) is 15.1. The molecule has 2 aliphatic rings. The molecule has 1 saturated heterocycles. The summed E-state index contributed by atoms with van der Waals surface area (Å²) in [6.07, 6.45) is 1.56. The number of benzene rings is 1. The summed E-state index contributed by atoms with van der Waals surface area (Å²) in [6.45, 7) is 0.663. The number of ether oxygens (including phenoxy) is 2. The minimum Gasteiger partial charge on any atom is -0.454 e. The smallest absolute Gasteiger partial charge is 0.231 e. The van der Waals surface area contributed by atoms with Gasteiger partial charge in [-0.1, -0.05) is 6.07 Å². The third-order valence-electron chi connectivity index (χ3n) is 4.07. The Kier molecular flexibility index (Phi) is 4.24. The Morgan fingerprint density at radius 1 is 1.18 bits per heavy atom. The van der Waals surface area contributed by atoms with E-state index in [1.54, 1.807) is 0 Å². The molecule has 0 atom stereocenters. The molecule has 2 aliphatic heterocycles. The molecule has 0 aliphatic carbocycles. The summed E-state index contributed by atoms with van der Waals surface area (Å²) in [5, 5.41) is 2.87. The highest BCUT2D eigenvalue weighted by Gasteiger charge is 2.25. The number of carbonyl (C=O) groups is 1. The van der Waals surface area contributed by atoms with E-state index < -0.39 is 9.84 Å². The van der Waals surface area contributed by atoms with Crippen molar-refractivity contribution >= 4 is 15.7 Å². The molecule has 0 aromatic heterocycles. The van der Waals surface area contributed by atoms with Gasteiger partial charge in [0.05, 0.1) is 11.5 Å². The second kappa shape index (κ2) is 6.16. The van der Waals surface area contributed by atoms with E-state index >= 15 is 0 Å². The number of fused-ring (bicyclic) bond motifs is 1. The summed E-state index contributed by atoms with van der Waals surface area (Å²) in [6, 6.07) is 5.58. The largest absolute Gasteiger partial charge is 0.454 e. The molecule has 0 bridgehead atoms. The predicted molar refractivity (Wildman–Crippen MR) is 80.4 cm³/mol. The van der Waals surface area contributed by atoms with E-state index in [0.29, 0.717) is 31.6 Å². The molecule has 1 fully saturated rings. The van der Waals surface area contributed by atoms with Crippen LogP contribution in [0.2, 0.25) is 0 Å². The van der Waals surface area contributed by atoms with Crippen LogP contribution in [0, 0.1) is 5.92 Å². The Morgan fingerprint density at radius 2 is 1.91 bits per heavy atom. The molecule has 22 heavy (non-hydrogen) atoms. The van der Waals surface area contributed by atoms with Gasteiger partial charge in [0, 0.05) is 13.0 Å². The van der Waals surface area contributed by atoms with Gasteiger partial charge in [0.2, 0.25) is 12.7 Å². The maximum Gasteiger partial charge on any atom is 0.231 e. The van der Waals surface area contributed by atoms with Crippen molar-refractivity contribution in [2.45, 2.75) is 25.8 Å². The highest BCUT2D eigenvalue weighted by atomic mass is 32.2. The molecule has 0 saturated carbocycles. The maximum absolute atomic E-state index is 12.0. The van der Waals surface area contributed by atoms with Crippen LogP contribution in [0.3, 0.4) is 0 Å². The van der Waals surface area contributed by atoms with Crippen molar-refractivity contribution in [1.82, 2.24) is 5.32 Å².